The van der Waals surface area contributed by atoms with Crippen LogP contribution >= 0.6 is 0 Å². The maximum absolute atomic E-state index is 13.3. The molecule has 1 aromatic rings. The van der Waals surface area contributed by atoms with Crippen LogP contribution < -0.4 is 9.47 Å². The molecule has 1 aliphatic heterocycles. The molecule has 0 amide bonds. The van der Waals surface area contributed by atoms with Gasteiger partial charge in [0.2, 0.25) is 6.10 Å². The third-order valence-electron chi connectivity index (χ3n) is 3.52. The Morgan fingerprint density at radius 1 is 1.25 bits per heavy atom. The molecule has 0 saturated heterocycles. The van der Waals surface area contributed by atoms with Gasteiger partial charge in [0.05, 0.1) is 18.8 Å². The fourth-order valence-corrected chi connectivity index (χ4v) is 2.48. The van der Waals surface area contributed by atoms with Gasteiger partial charge in [0.25, 0.3) is 0 Å². The average Bonchev–Trinajstić information content (AvgIpc) is 2.57. The van der Waals surface area contributed by atoms with Crippen LogP contribution in [0.15, 0.2) is 17.7 Å². The van der Waals surface area contributed by atoms with Crippen molar-refractivity contribution in [1.29, 1.82) is 0 Å². The lowest BCUT2D eigenvalue weighted by Gasteiger charge is -2.30. The van der Waals surface area contributed by atoms with E-state index < -0.39 is 65.5 Å². The topological polar surface area (TPSA) is 85.2 Å². The molecule has 156 valence electrons. The molecule has 0 aliphatic carbocycles. The van der Waals surface area contributed by atoms with Crippen molar-refractivity contribution in [2.45, 2.75) is 31.7 Å². The molecular weight excluding hydrogens is 402 g/mol. The van der Waals surface area contributed by atoms with Crippen LogP contribution in [0.4, 0.5) is 26.3 Å². The molecular formula is C16H14F6O6. The van der Waals surface area contributed by atoms with Crippen molar-refractivity contribution in [3.05, 3.63) is 28.8 Å². The lowest BCUT2D eigenvalue weighted by atomic mass is 9.96. The minimum absolute atomic E-state index is 0.251. The second kappa shape index (κ2) is 7.87. The molecule has 2 unspecified atom stereocenters. The van der Waals surface area contributed by atoms with Gasteiger partial charge in [-0.15, -0.1) is 13.2 Å². The summed E-state index contributed by atoms with van der Waals surface area (Å²) < 4.78 is 90.6. The van der Waals surface area contributed by atoms with Crippen molar-refractivity contribution >= 4 is 12.0 Å². The zero-order valence-corrected chi connectivity index (χ0v) is 14.1. The van der Waals surface area contributed by atoms with Crippen molar-refractivity contribution in [2.24, 2.45) is 0 Å². The number of rotatable bonds is 5. The number of aliphatic hydroxyl groups is 2. The maximum atomic E-state index is 13.3. The average molecular weight is 416 g/mol. The van der Waals surface area contributed by atoms with Gasteiger partial charge >= 0.3 is 18.5 Å². The van der Waals surface area contributed by atoms with Gasteiger partial charge in [0.15, 0.2) is 0 Å². The number of hydrogen-bond donors (Lipinski definition) is 2. The second-order valence-electron chi connectivity index (χ2n) is 5.54. The van der Waals surface area contributed by atoms with Crippen molar-refractivity contribution in [2.75, 3.05) is 13.2 Å². The minimum atomic E-state index is -5.13. The predicted molar refractivity (Wildman–Crippen MR) is 80.3 cm³/mol. The normalized spacial score (nSPS) is 17.9. The Kier molecular flexibility index (Phi) is 6.14. The van der Waals surface area contributed by atoms with Gasteiger partial charge in [-0.25, -0.2) is 4.79 Å². The molecule has 2 atom stereocenters. The van der Waals surface area contributed by atoms with Crippen LogP contribution in [0.2, 0.25) is 0 Å². The lowest BCUT2D eigenvalue weighted by Crippen LogP contribution is -2.41. The Hall–Kier alpha value is -2.47. The standard InChI is InChI=1S/C16H14F6O6/c1-2-26-14(25)10-4-7-3-8(28-16(20,21)22)5-9(11(24)6-23)12(7)27-13(10)15(17,18)19/h3-5,11,13,23-24H,2,6H2,1H3. The molecule has 2 N–H and O–H groups in total. The highest BCUT2D eigenvalue weighted by molar-refractivity contribution is 5.96. The first-order valence-corrected chi connectivity index (χ1v) is 7.72. The molecule has 1 aromatic carbocycles. The van der Waals surface area contributed by atoms with Crippen molar-refractivity contribution < 1.29 is 55.6 Å². The lowest BCUT2D eigenvalue weighted by molar-refractivity contribution is -0.274. The molecule has 0 radical (unpaired) electrons. The van der Waals surface area contributed by atoms with Crippen LogP contribution in [-0.2, 0) is 9.53 Å². The number of ether oxygens (including phenoxy) is 3. The predicted octanol–water partition coefficient (Wildman–Crippen LogP) is 2.88. The highest BCUT2D eigenvalue weighted by atomic mass is 19.4. The number of benzene rings is 1. The van der Waals surface area contributed by atoms with E-state index >= 15 is 0 Å². The van der Waals surface area contributed by atoms with Crippen LogP contribution in [0.25, 0.3) is 6.08 Å². The van der Waals surface area contributed by atoms with Gasteiger partial charge in [-0.1, -0.05) is 0 Å². The zero-order chi connectivity index (χ0) is 21.3. The second-order valence-corrected chi connectivity index (χ2v) is 5.54. The van der Waals surface area contributed by atoms with Crippen LogP contribution in [0.1, 0.15) is 24.2 Å². The van der Waals surface area contributed by atoms with Gasteiger partial charge in [0, 0.05) is 11.1 Å². The first kappa shape index (κ1) is 21.8. The van der Waals surface area contributed by atoms with Crippen LogP contribution in [0, 0.1) is 0 Å². The first-order chi connectivity index (χ1) is 12.9. The first-order valence-electron chi connectivity index (χ1n) is 7.72. The molecule has 1 heterocycles. The number of hydrogen-bond acceptors (Lipinski definition) is 6. The quantitative estimate of drug-likeness (QED) is 0.567. The van der Waals surface area contributed by atoms with Gasteiger partial charge in [0.1, 0.15) is 17.6 Å². The molecule has 0 spiro atoms. The fraction of sp³-hybridized carbons (Fsp3) is 0.438. The molecule has 12 heteroatoms. The molecule has 2 rings (SSSR count). The SMILES string of the molecule is CCOC(=O)C1=Cc2cc(OC(F)(F)F)cc(C(O)CO)c2OC1C(F)(F)F. The molecule has 0 saturated carbocycles. The van der Waals surface area contributed by atoms with E-state index in [2.05, 4.69) is 9.47 Å². The van der Waals surface area contributed by atoms with Crippen molar-refractivity contribution in [1.82, 2.24) is 0 Å². The van der Waals surface area contributed by atoms with Crippen LogP contribution in [0.3, 0.4) is 0 Å². The third kappa shape index (κ3) is 4.87. The summed E-state index contributed by atoms with van der Waals surface area (Å²) in [5.41, 5.74) is -1.96. The van der Waals surface area contributed by atoms with E-state index in [1.807, 2.05) is 0 Å². The van der Waals surface area contributed by atoms with Crippen LogP contribution in [0.5, 0.6) is 11.5 Å². The van der Waals surface area contributed by atoms with Crippen molar-refractivity contribution in [3.8, 4) is 11.5 Å². The fourth-order valence-electron chi connectivity index (χ4n) is 2.48. The number of aliphatic hydroxyl groups excluding tert-OH is 2. The highest BCUT2D eigenvalue weighted by Crippen LogP contribution is 2.43. The molecule has 28 heavy (non-hydrogen) atoms. The smallest absolute Gasteiger partial charge is 0.475 e. The van der Waals surface area contributed by atoms with E-state index in [1.54, 1.807) is 0 Å². The highest BCUT2D eigenvalue weighted by Gasteiger charge is 2.49. The number of halogens is 6. The summed E-state index contributed by atoms with van der Waals surface area (Å²) in [5.74, 6) is -2.91. The summed E-state index contributed by atoms with van der Waals surface area (Å²) in [5, 5.41) is 18.9. The van der Waals surface area contributed by atoms with Gasteiger partial charge < -0.3 is 24.4 Å². The van der Waals surface area contributed by atoms with Gasteiger partial charge in [-0.3, -0.25) is 0 Å². The van der Waals surface area contributed by atoms with E-state index in [0.29, 0.717) is 18.2 Å². The minimum Gasteiger partial charge on any atom is -0.475 e. The number of carbonyl (C=O) groups is 1. The number of fused-ring (bicyclic) bond motifs is 1. The summed E-state index contributed by atoms with van der Waals surface area (Å²) >= 11 is 0. The number of esters is 1. The Morgan fingerprint density at radius 2 is 1.89 bits per heavy atom. The number of alkyl halides is 6. The van der Waals surface area contributed by atoms with E-state index in [9.17, 15) is 36.2 Å². The maximum Gasteiger partial charge on any atom is 0.573 e. The zero-order valence-electron chi connectivity index (χ0n) is 14.1. The van der Waals surface area contributed by atoms with E-state index in [1.165, 1.54) is 6.92 Å². The van der Waals surface area contributed by atoms with Gasteiger partial charge in [-0.2, -0.15) is 13.2 Å². The Labute approximate surface area is 153 Å². The Balaban J connectivity index is 2.66. The Bertz CT molecular complexity index is 770. The Morgan fingerprint density at radius 3 is 2.39 bits per heavy atom. The molecule has 0 fully saturated rings. The monoisotopic (exact) mass is 416 g/mol. The molecule has 6 nitrogen and oxygen atoms in total. The van der Waals surface area contributed by atoms with E-state index in [4.69, 9.17) is 9.84 Å². The summed E-state index contributed by atoms with van der Waals surface area (Å²) in [6.45, 7) is 0.0827. The van der Waals surface area contributed by atoms with Crippen molar-refractivity contribution in [3.63, 3.8) is 0 Å². The van der Waals surface area contributed by atoms with E-state index in [0.717, 1.165) is 0 Å². The summed E-state index contributed by atoms with van der Waals surface area (Å²) in [6.07, 6.45) is -14.2. The molecule has 0 aromatic heterocycles. The van der Waals surface area contributed by atoms with E-state index in [-0.39, 0.29) is 6.61 Å². The summed E-state index contributed by atoms with van der Waals surface area (Å²) in [7, 11) is 0. The molecule has 1 aliphatic rings. The number of carbonyl (C=O) groups excluding carboxylic acids is 1. The summed E-state index contributed by atoms with van der Waals surface area (Å²) in [4.78, 5) is 11.9. The molecule has 0 bridgehead atoms. The largest absolute Gasteiger partial charge is 0.573 e. The summed E-state index contributed by atoms with van der Waals surface area (Å²) in [6, 6.07) is 1.27. The van der Waals surface area contributed by atoms with Crippen LogP contribution in [-0.4, -0.2) is 48.0 Å². The third-order valence-corrected chi connectivity index (χ3v) is 3.52. The van der Waals surface area contributed by atoms with Gasteiger partial charge in [-0.05, 0) is 25.1 Å².